The smallest absolute Gasteiger partial charge is 0.0750 e. The average molecular weight is 156 g/mol. The van der Waals surface area contributed by atoms with Gasteiger partial charge in [-0.2, -0.15) is 0 Å². The van der Waals surface area contributed by atoms with Crippen LogP contribution >= 0.6 is 0 Å². The molecule has 0 aromatic heterocycles. The Morgan fingerprint density at radius 3 is 2.55 bits per heavy atom. The van der Waals surface area contributed by atoms with Crippen LogP contribution in [-0.4, -0.2) is 12.7 Å². The van der Waals surface area contributed by atoms with Crippen molar-refractivity contribution in [2.24, 2.45) is 0 Å². The van der Waals surface area contributed by atoms with Gasteiger partial charge in [-0.25, -0.2) is 0 Å². The highest BCUT2D eigenvalue weighted by atomic mass is 16.5. The molecule has 0 N–H and O–H groups in total. The highest BCUT2D eigenvalue weighted by molar-refractivity contribution is 4.78. The maximum absolute atomic E-state index is 5.52. The first-order chi connectivity index (χ1) is 5.35. The predicted molar refractivity (Wildman–Crippen MR) is 49.8 cm³/mol. The van der Waals surface area contributed by atoms with Crippen molar-refractivity contribution >= 4 is 0 Å². The summed E-state index contributed by atoms with van der Waals surface area (Å²) >= 11 is 0. The van der Waals surface area contributed by atoms with Crippen LogP contribution in [-0.2, 0) is 4.74 Å². The fourth-order valence-electron chi connectivity index (χ4n) is 0.939. The maximum Gasteiger partial charge on any atom is 0.0750 e. The van der Waals surface area contributed by atoms with E-state index in [0.29, 0.717) is 0 Å². The van der Waals surface area contributed by atoms with Crippen molar-refractivity contribution in [3.63, 3.8) is 0 Å². The summed E-state index contributed by atoms with van der Waals surface area (Å²) in [7, 11) is 0. The first-order valence-electron chi connectivity index (χ1n) is 4.59. The van der Waals surface area contributed by atoms with Crippen molar-refractivity contribution in [1.82, 2.24) is 0 Å². The van der Waals surface area contributed by atoms with Gasteiger partial charge in [-0.05, 0) is 12.8 Å². The van der Waals surface area contributed by atoms with Crippen molar-refractivity contribution in [1.29, 1.82) is 0 Å². The van der Waals surface area contributed by atoms with Gasteiger partial charge in [0, 0.05) is 6.61 Å². The Hall–Kier alpha value is -0.300. The van der Waals surface area contributed by atoms with Crippen LogP contribution in [0.1, 0.15) is 39.5 Å². The van der Waals surface area contributed by atoms with E-state index in [1.165, 1.54) is 19.3 Å². The van der Waals surface area contributed by atoms with Gasteiger partial charge >= 0.3 is 0 Å². The first-order valence-corrected chi connectivity index (χ1v) is 4.59. The van der Waals surface area contributed by atoms with E-state index in [0.717, 1.165) is 13.0 Å². The zero-order valence-electron chi connectivity index (χ0n) is 7.81. The summed E-state index contributed by atoms with van der Waals surface area (Å²) in [5.74, 6) is 0. The molecule has 1 heteroatoms. The molecule has 0 aromatic rings. The maximum atomic E-state index is 5.52. The largest absolute Gasteiger partial charge is 0.374 e. The third kappa shape index (κ3) is 6.11. The van der Waals surface area contributed by atoms with Crippen molar-refractivity contribution < 1.29 is 4.74 Å². The predicted octanol–water partition coefficient (Wildman–Crippen LogP) is 3.16. The van der Waals surface area contributed by atoms with Crippen LogP contribution in [0.15, 0.2) is 12.7 Å². The zero-order chi connectivity index (χ0) is 8.53. The Morgan fingerprint density at radius 2 is 2.09 bits per heavy atom. The van der Waals surface area contributed by atoms with Gasteiger partial charge in [-0.15, -0.1) is 6.58 Å². The molecule has 0 aliphatic heterocycles. The Kier molecular flexibility index (Phi) is 7.59. The zero-order valence-corrected chi connectivity index (χ0v) is 7.81. The number of rotatable bonds is 7. The summed E-state index contributed by atoms with van der Waals surface area (Å²) in [6.45, 7) is 8.91. The summed E-state index contributed by atoms with van der Waals surface area (Å²) < 4.78 is 5.52. The number of hydrogen-bond donors (Lipinski definition) is 0. The van der Waals surface area contributed by atoms with Gasteiger partial charge in [0.25, 0.3) is 0 Å². The third-order valence-electron chi connectivity index (χ3n) is 1.75. The Bertz CT molecular complexity index is 88.9. The fraction of sp³-hybridized carbons (Fsp3) is 0.800. The molecule has 1 nitrogen and oxygen atoms in total. The van der Waals surface area contributed by atoms with E-state index in [9.17, 15) is 0 Å². The summed E-state index contributed by atoms with van der Waals surface area (Å²) in [5, 5.41) is 0. The van der Waals surface area contributed by atoms with E-state index in [1.807, 2.05) is 6.08 Å². The van der Waals surface area contributed by atoms with Crippen LogP contribution in [0, 0.1) is 0 Å². The number of hydrogen-bond acceptors (Lipinski definition) is 1. The van der Waals surface area contributed by atoms with Gasteiger partial charge in [0.2, 0.25) is 0 Å². The molecule has 0 spiro atoms. The molecule has 0 saturated carbocycles. The SMILES string of the molecule is C=CC(CC)OCCCCC. The quantitative estimate of drug-likeness (QED) is 0.406. The average Bonchev–Trinajstić information content (AvgIpc) is 2.05. The Labute approximate surface area is 70.4 Å². The lowest BCUT2D eigenvalue weighted by Gasteiger charge is -2.10. The van der Waals surface area contributed by atoms with Gasteiger partial charge in [-0.3, -0.25) is 0 Å². The number of unbranched alkanes of at least 4 members (excludes halogenated alkanes) is 2. The Morgan fingerprint density at radius 1 is 1.36 bits per heavy atom. The molecular formula is C10H20O. The second-order valence-electron chi connectivity index (χ2n) is 2.76. The van der Waals surface area contributed by atoms with E-state index in [-0.39, 0.29) is 6.10 Å². The van der Waals surface area contributed by atoms with Crippen molar-refractivity contribution in [2.75, 3.05) is 6.61 Å². The topological polar surface area (TPSA) is 9.23 Å². The van der Waals surface area contributed by atoms with Crippen LogP contribution in [0.25, 0.3) is 0 Å². The van der Waals surface area contributed by atoms with E-state index in [1.54, 1.807) is 0 Å². The van der Waals surface area contributed by atoms with Gasteiger partial charge in [-0.1, -0.05) is 32.8 Å². The molecular weight excluding hydrogens is 136 g/mol. The fourth-order valence-corrected chi connectivity index (χ4v) is 0.939. The van der Waals surface area contributed by atoms with E-state index >= 15 is 0 Å². The molecule has 11 heavy (non-hydrogen) atoms. The van der Waals surface area contributed by atoms with E-state index < -0.39 is 0 Å². The molecule has 66 valence electrons. The lowest BCUT2D eigenvalue weighted by atomic mass is 10.2. The molecule has 0 aliphatic rings. The minimum atomic E-state index is 0.270. The second-order valence-corrected chi connectivity index (χ2v) is 2.76. The summed E-state index contributed by atoms with van der Waals surface area (Å²) in [4.78, 5) is 0. The molecule has 0 amide bonds. The van der Waals surface area contributed by atoms with Gasteiger partial charge in [0.15, 0.2) is 0 Å². The molecule has 0 radical (unpaired) electrons. The lowest BCUT2D eigenvalue weighted by molar-refractivity contribution is 0.0800. The molecule has 0 bridgehead atoms. The highest BCUT2D eigenvalue weighted by Gasteiger charge is 1.98. The molecule has 0 fully saturated rings. The first kappa shape index (κ1) is 10.7. The van der Waals surface area contributed by atoms with Crippen LogP contribution in [0.4, 0.5) is 0 Å². The van der Waals surface area contributed by atoms with Gasteiger partial charge < -0.3 is 4.74 Å². The molecule has 0 aromatic carbocycles. The molecule has 1 unspecified atom stereocenters. The molecule has 0 rings (SSSR count). The summed E-state index contributed by atoms with van der Waals surface area (Å²) in [5.41, 5.74) is 0. The third-order valence-corrected chi connectivity index (χ3v) is 1.75. The Balaban J connectivity index is 3.14. The van der Waals surface area contributed by atoms with E-state index in [2.05, 4.69) is 20.4 Å². The number of ether oxygens (including phenoxy) is 1. The molecule has 0 aliphatic carbocycles. The van der Waals surface area contributed by atoms with Crippen LogP contribution in [0.5, 0.6) is 0 Å². The minimum Gasteiger partial charge on any atom is -0.374 e. The molecule has 0 heterocycles. The van der Waals surface area contributed by atoms with Gasteiger partial charge in [0.1, 0.15) is 0 Å². The second kappa shape index (κ2) is 7.80. The van der Waals surface area contributed by atoms with Gasteiger partial charge in [0.05, 0.1) is 6.10 Å². The van der Waals surface area contributed by atoms with Crippen LogP contribution < -0.4 is 0 Å². The van der Waals surface area contributed by atoms with Crippen molar-refractivity contribution in [2.45, 2.75) is 45.6 Å². The molecule has 1 atom stereocenters. The van der Waals surface area contributed by atoms with Crippen molar-refractivity contribution in [3.8, 4) is 0 Å². The summed E-state index contributed by atoms with van der Waals surface area (Å²) in [6.07, 6.45) is 6.90. The standard InChI is InChI=1S/C10H20O/c1-4-7-8-9-11-10(5-2)6-3/h5,10H,2,4,6-9H2,1,3H3. The van der Waals surface area contributed by atoms with Crippen molar-refractivity contribution in [3.05, 3.63) is 12.7 Å². The molecule has 0 saturated heterocycles. The van der Waals surface area contributed by atoms with E-state index in [4.69, 9.17) is 4.74 Å². The van der Waals surface area contributed by atoms with Crippen LogP contribution in [0.2, 0.25) is 0 Å². The monoisotopic (exact) mass is 156 g/mol. The normalized spacial score (nSPS) is 12.9. The lowest BCUT2D eigenvalue weighted by Crippen LogP contribution is -2.08. The summed E-state index contributed by atoms with van der Waals surface area (Å²) in [6, 6.07) is 0. The minimum absolute atomic E-state index is 0.270. The highest BCUT2D eigenvalue weighted by Crippen LogP contribution is 2.01. The van der Waals surface area contributed by atoms with Crippen LogP contribution in [0.3, 0.4) is 0 Å².